The molecule has 0 aromatic heterocycles. The van der Waals surface area contributed by atoms with Crippen LogP contribution in [0.1, 0.15) is 44.7 Å². The van der Waals surface area contributed by atoms with Crippen molar-refractivity contribution in [2.24, 2.45) is 0 Å². The van der Waals surface area contributed by atoms with Crippen molar-refractivity contribution in [1.82, 2.24) is 10.2 Å². The zero-order valence-corrected chi connectivity index (χ0v) is 22.3. The molecule has 0 saturated carbocycles. The van der Waals surface area contributed by atoms with Crippen LogP contribution < -0.4 is 10.1 Å². The van der Waals surface area contributed by atoms with Gasteiger partial charge >= 0.3 is 0 Å². The molecule has 0 radical (unpaired) electrons. The van der Waals surface area contributed by atoms with Gasteiger partial charge in [-0.2, -0.15) is 0 Å². The average Bonchev–Trinajstić information content (AvgIpc) is 2.85. The number of rotatable bonds is 11. The first kappa shape index (κ1) is 28.2. The Labute approximate surface area is 223 Å². The lowest BCUT2D eigenvalue weighted by Crippen LogP contribution is -2.54. The second kappa shape index (κ2) is 13.2. The fraction of sp³-hybridized carbons (Fsp3) is 0.333. The number of nitrogens with zero attached hydrogens (tertiary/aromatic N) is 1. The first-order chi connectivity index (χ1) is 17.6. The molecule has 0 aliphatic rings. The van der Waals surface area contributed by atoms with E-state index in [1.165, 1.54) is 12.1 Å². The molecule has 7 heteroatoms. The first-order valence-corrected chi connectivity index (χ1v) is 12.8. The van der Waals surface area contributed by atoms with Crippen LogP contribution >= 0.6 is 11.6 Å². The van der Waals surface area contributed by atoms with E-state index in [4.69, 9.17) is 16.3 Å². The van der Waals surface area contributed by atoms with Gasteiger partial charge in [-0.1, -0.05) is 54.1 Å². The summed E-state index contributed by atoms with van der Waals surface area (Å²) in [5.74, 6) is -0.0861. The van der Waals surface area contributed by atoms with Crippen molar-refractivity contribution in [3.63, 3.8) is 0 Å². The second-order valence-corrected chi connectivity index (χ2v) is 10.4. The molecule has 3 aromatic rings. The predicted octanol–water partition coefficient (Wildman–Crippen LogP) is 6.19. The maximum absolute atomic E-state index is 13.6. The number of hydrogen-bond donors (Lipinski definition) is 1. The number of benzene rings is 3. The largest absolute Gasteiger partial charge is 0.494 e. The molecule has 37 heavy (non-hydrogen) atoms. The van der Waals surface area contributed by atoms with Crippen molar-refractivity contribution in [3.8, 4) is 5.75 Å². The topological polar surface area (TPSA) is 58.6 Å². The summed E-state index contributed by atoms with van der Waals surface area (Å²) < 4.78 is 19.3. The summed E-state index contributed by atoms with van der Waals surface area (Å²) in [7, 11) is 0. The van der Waals surface area contributed by atoms with Crippen molar-refractivity contribution in [2.45, 2.75) is 58.2 Å². The van der Waals surface area contributed by atoms with Crippen LogP contribution in [0.5, 0.6) is 5.75 Å². The van der Waals surface area contributed by atoms with Gasteiger partial charge in [0, 0.05) is 29.9 Å². The molecule has 1 N–H and O–H groups in total. The lowest BCUT2D eigenvalue weighted by molar-refractivity contribution is -0.142. The van der Waals surface area contributed by atoms with Gasteiger partial charge < -0.3 is 15.0 Å². The Morgan fingerprint density at radius 2 is 1.59 bits per heavy atom. The molecule has 0 spiro atoms. The Kier molecular flexibility index (Phi) is 10.1. The minimum atomic E-state index is -0.739. The first-order valence-electron chi connectivity index (χ1n) is 12.4. The van der Waals surface area contributed by atoms with Crippen molar-refractivity contribution in [1.29, 1.82) is 0 Å². The standard InChI is InChI=1S/C30H34ClFN2O3/c1-30(2,3)33-29(36)27(20-22-8-5-4-6-9-22)34(21-23-11-15-25(32)16-12-23)28(35)10-7-19-37-26-17-13-24(31)14-18-26/h4-6,8-9,11-18,27H,7,10,19-21H2,1-3H3,(H,33,36)/t27-/m1/s1. The average molecular weight is 525 g/mol. The highest BCUT2D eigenvalue weighted by Gasteiger charge is 2.32. The maximum Gasteiger partial charge on any atom is 0.243 e. The van der Waals surface area contributed by atoms with Crippen LogP contribution in [0, 0.1) is 5.82 Å². The molecule has 196 valence electrons. The zero-order valence-electron chi connectivity index (χ0n) is 21.5. The summed E-state index contributed by atoms with van der Waals surface area (Å²) in [6.45, 7) is 6.25. The molecule has 0 heterocycles. The monoisotopic (exact) mass is 524 g/mol. The Hall–Kier alpha value is -3.38. The molecule has 1 atom stereocenters. The van der Waals surface area contributed by atoms with E-state index in [1.54, 1.807) is 41.3 Å². The molecule has 0 aliphatic carbocycles. The fourth-order valence-electron chi connectivity index (χ4n) is 3.88. The highest BCUT2D eigenvalue weighted by Crippen LogP contribution is 2.19. The highest BCUT2D eigenvalue weighted by atomic mass is 35.5. The highest BCUT2D eigenvalue weighted by molar-refractivity contribution is 6.30. The van der Waals surface area contributed by atoms with Crippen LogP contribution in [0.15, 0.2) is 78.9 Å². The summed E-state index contributed by atoms with van der Waals surface area (Å²) in [5, 5.41) is 3.66. The smallest absolute Gasteiger partial charge is 0.243 e. The number of hydrogen-bond acceptors (Lipinski definition) is 3. The Morgan fingerprint density at radius 3 is 2.22 bits per heavy atom. The molecule has 0 unspecified atom stereocenters. The third kappa shape index (κ3) is 9.54. The molecule has 0 aliphatic heterocycles. The van der Waals surface area contributed by atoms with Crippen LogP contribution in [-0.2, 0) is 22.6 Å². The Bertz CT molecular complexity index is 1150. The van der Waals surface area contributed by atoms with Crippen LogP contribution in [-0.4, -0.2) is 34.9 Å². The summed E-state index contributed by atoms with van der Waals surface area (Å²) in [6.07, 6.45) is 1.03. The molecule has 3 aromatic carbocycles. The second-order valence-electron chi connectivity index (χ2n) is 10.00. The third-order valence-electron chi connectivity index (χ3n) is 5.65. The quantitative estimate of drug-likeness (QED) is 0.304. The van der Waals surface area contributed by atoms with Gasteiger partial charge in [0.05, 0.1) is 6.61 Å². The number of carbonyl (C=O) groups is 2. The molecule has 0 fully saturated rings. The van der Waals surface area contributed by atoms with E-state index in [1.807, 2.05) is 51.1 Å². The van der Waals surface area contributed by atoms with E-state index in [0.29, 0.717) is 30.2 Å². The van der Waals surface area contributed by atoms with Gasteiger partial charge in [0.2, 0.25) is 11.8 Å². The van der Waals surface area contributed by atoms with Gasteiger partial charge in [0.1, 0.15) is 17.6 Å². The van der Waals surface area contributed by atoms with Crippen LogP contribution in [0.2, 0.25) is 5.02 Å². The summed E-state index contributed by atoms with van der Waals surface area (Å²) in [6, 6.07) is 21.9. The predicted molar refractivity (Wildman–Crippen MR) is 145 cm³/mol. The van der Waals surface area contributed by atoms with Gasteiger partial charge in [-0.3, -0.25) is 9.59 Å². The Balaban J connectivity index is 1.80. The summed E-state index contributed by atoms with van der Waals surface area (Å²) >= 11 is 5.92. The van der Waals surface area contributed by atoms with Crippen LogP contribution in [0.4, 0.5) is 4.39 Å². The van der Waals surface area contributed by atoms with Gasteiger partial charge in [0.25, 0.3) is 0 Å². The van der Waals surface area contributed by atoms with Gasteiger partial charge in [-0.15, -0.1) is 0 Å². The molecule has 2 amide bonds. The summed E-state index contributed by atoms with van der Waals surface area (Å²) in [5.41, 5.74) is 1.22. The minimum absolute atomic E-state index is 0.172. The van der Waals surface area contributed by atoms with E-state index in [2.05, 4.69) is 5.32 Å². The molecule has 0 bridgehead atoms. The zero-order chi connectivity index (χ0) is 26.8. The van der Waals surface area contributed by atoms with E-state index >= 15 is 0 Å². The van der Waals surface area contributed by atoms with Crippen LogP contribution in [0.25, 0.3) is 0 Å². The Morgan fingerprint density at radius 1 is 0.946 bits per heavy atom. The molecular weight excluding hydrogens is 491 g/mol. The fourth-order valence-corrected chi connectivity index (χ4v) is 4.01. The van der Waals surface area contributed by atoms with Crippen molar-refractivity contribution >= 4 is 23.4 Å². The SMILES string of the molecule is CC(C)(C)NC(=O)[C@@H](Cc1ccccc1)N(Cc1ccc(F)cc1)C(=O)CCCOc1ccc(Cl)cc1. The van der Waals surface area contributed by atoms with E-state index in [0.717, 1.165) is 11.1 Å². The van der Waals surface area contributed by atoms with Crippen molar-refractivity contribution in [2.75, 3.05) is 6.61 Å². The number of halogens is 2. The van der Waals surface area contributed by atoms with Gasteiger partial charge in [-0.25, -0.2) is 4.39 Å². The number of nitrogens with one attached hydrogen (secondary N) is 1. The molecule has 3 rings (SSSR count). The van der Waals surface area contributed by atoms with Crippen molar-refractivity contribution < 1.29 is 18.7 Å². The van der Waals surface area contributed by atoms with E-state index in [9.17, 15) is 14.0 Å². The van der Waals surface area contributed by atoms with Crippen LogP contribution in [0.3, 0.4) is 0 Å². The molecule has 5 nitrogen and oxygen atoms in total. The lowest BCUT2D eigenvalue weighted by Gasteiger charge is -2.34. The number of ether oxygens (including phenoxy) is 1. The van der Waals surface area contributed by atoms with E-state index < -0.39 is 11.6 Å². The number of carbonyl (C=O) groups excluding carboxylic acids is 2. The number of amides is 2. The van der Waals surface area contributed by atoms with E-state index in [-0.39, 0.29) is 30.6 Å². The summed E-state index contributed by atoms with van der Waals surface area (Å²) in [4.78, 5) is 28.7. The van der Waals surface area contributed by atoms with Crippen molar-refractivity contribution in [3.05, 3.63) is 101 Å². The molecular formula is C30H34ClFN2O3. The maximum atomic E-state index is 13.6. The third-order valence-corrected chi connectivity index (χ3v) is 5.90. The van der Waals surface area contributed by atoms with Gasteiger partial charge in [-0.05, 0) is 74.7 Å². The normalized spacial score (nSPS) is 12.0. The molecule has 0 saturated heterocycles. The van der Waals surface area contributed by atoms with Gasteiger partial charge in [0.15, 0.2) is 0 Å². The lowest BCUT2D eigenvalue weighted by atomic mass is 10.00. The minimum Gasteiger partial charge on any atom is -0.494 e.